The number of alkyl halides is 3. The van der Waals surface area contributed by atoms with Gasteiger partial charge in [-0.2, -0.15) is 0 Å². The normalized spacial score (nSPS) is 10.6. The number of aromatic nitrogens is 1. The standard InChI is InChI=1S/C9H7ClF3NO2/c1-16-9(15)4-2-5(11)7(8(12)13)14-6(4)3-10/h2,8H,3H2,1H3. The summed E-state index contributed by atoms with van der Waals surface area (Å²) in [6.07, 6.45) is -3.06. The molecule has 7 heteroatoms. The molecule has 3 nitrogen and oxygen atoms in total. The van der Waals surface area contributed by atoms with Crippen molar-refractivity contribution in [2.24, 2.45) is 0 Å². The van der Waals surface area contributed by atoms with E-state index in [1.807, 2.05) is 0 Å². The minimum atomic E-state index is -3.06. The van der Waals surface area contributed by atoms with Crippen LogP contribution in [0.25, 0.3) is 0 Å². The van der Waals surface area contributed by atoms with Gasteiger partial charge in [0.15, 0.2) is 5.82 Å². The molecule has 0 fully saturated rings. The fraction of sp³-hybridized carbons (Fsp3) is 0.333. The van der Waals surface area contributed by atoms with Crippen molar-refractivity contribution in [2.45, 2.75) is 12.3 Å². The highest BCUT2D eigenvalue weighted by atomic mass is 35.5. The summed E-state index contributed by atoms with van der Waals surface area (Å²) in [6.45, 7) is 0. The first kappa shape index (κ1) is 12.8. The second kappa shape index (κ2) is 5.16. The van der Waals surface area contributed by atoms with Gasteiger partial charge >= 0.3 is 5.97 Å². The number of rotatable bonds is 3. The number of hydrogen-bond acceptors (Lipinski definition) is 3. The number of halogens is 4. The fourth-order valence-corrected chi connectivity index (χ4v) is 1.29. The molecule has 0 spiro atoms. The molecule has 0 aliphatic rings. The van der Waals surface area contributed by atoms with Crippen LogP contribution in [0.2, 0.25) is 0 Å². The summed E-state index contributed by atoms with van der Waals surface area (Å²) in [6, 6.07) is 0.651. The third-order valence-corrected chi connectivity index (χ3v) is 2.07. The average molecular weight is 254 g/mol. The van der Waals surface area contributed by atoms with Crippen LogP contribution >= 0.6 is 11.6 Å². The van der Waals surface area contributed by atoms with E-state index in [1.54, 1.807) is 0 Å². The maximum atomic E-state index is 13.1. The zero-order valence-corrected chi connectivity index (χ0v) is 8.89. The smallest absolute Gasteiger partial charge is 0.339 e. The summed E-state index contributed by atoms with van der Waals surface area (Å²) in [5, 5.41) is 0. The number of ether oxygens (including phenoxy) is 1. The molecule has 0 saturated heterocycles. The van der Waals surface area contributed by atoms with Crippen LogP contribution in [0.5, 0.6) is 0 Å². The molecule has 1 heterocycles. The number of esters is 1. The van der Waals surface area contributed by atoms with Gasteiger partial charge in [-0.15, -0.1) is 11.6 Å². The van der Waals surface area contributed by atoms with E-state index >= 15 is 0 Å². The molecular formula is C9H7ClF3NO2. The summed E-state index contributed by atoms with van der Waals surface area (Å²) in [5.41, 5.74) is -1.41. The van der Waals surface area contributed by atoms with Crippen molar-refractivity contribution in [3.05, 3.63) is 28.8 Å². The van der Waals surface area contributed by atoms with E-state index in [0.717, 1.165) is 7.11 Å². The van der Waals surface area contributed by atoms with Crippen LogP contribution in [0.15, 0.2) is 6.07 Å². The van der Waals surface area contributed by atoms with E-state index in [0.29, 0.717) is 6.07 Å². The maximum Gasteiger partial charge on any atom is 0.339 e. The molecule has 0 saturated carbocycles. The lowest BCUT2D eigenvalue weighted by atomic mass is 10.2. The molecule has 0 bridgehead atoms. The average Bonchev–Trinajstić information content (AvgIpc) is 2.27. The van der Waals surface area contributed by atoms with Gasteiger partial charge in [-0.1, -0.05) is 0 Å². The zero-order chi connectivity index (χ0) is 12.3. The Morgan fingerprint density at radius 2 is 2.25 bits per heavy atom. The highest BCUT2D eigenvalue weighted by Crippen LogP contribution is 2.23. The molecule has 0 atom stereocenters. The minimum Gasteiger partial charge on any atom is -0.465 e. The first-order valence-electron chi connectivity index (χ1n) is 4.13. The van der Waals surface area contributed by atoms with Gasteiger partial charge in [-0.25, -0.2) is 22.9 Å². The zero-order valence-electron chi connectivity index (χ0n) is 8.14. The number of pyridine rings is 1. The van der Waals surface area contributed by atoms with Gasteiger partial charge in [0, 0.05) is 0 Å². The Morgan fingerprint density at radius 3 is 2.69 bits per heavy atom. The lowest BCUT2D eigenvalue weighted by Crippen LogP contribution is -2.10. The number of methoxy groups -OCH3 is 1. The Balaban J connectivity index is 3.32. The number of nitrogens with zero attached hydrogens (tertiary/aromatic N) is 1. The highest BCUT2D eigenvalue weighted by molar-refractivity contribution is 6.17. The molecule has 88 valence electrons. The van der Waals surface area contributed by atoms with Crippen LogP contribution in [0.1, 0.15) is 28.2 Å². The van der Waals surface area contributed by atoms with E-state index in [2.05, 4.69) is 9.72 Å². The largest absolute Gasteiger partial charge is 0.465 e. The Bertz CT molecular complexity index is 412. The monoisotopic (exact) mass is 253 g/mol. The molecule has 1 aromatic heterocycles. The van der Waals surface area contributed by atoms with E-state index in [-0.39, 0.29) is 17.1 Å². The highest BCUT2D eigenvalue weighted by Gasteiger charge is 2.21. The molecule has 0 N–H and O–H groups in total. The van der Waals surface area contributed by atoms with Crippen molar-refractivity contribution in [1.82, 2.24) is 4.98 Å². The van der Waals surface area contributed by atoms with Gasteiger partial charge in [0.2, 0.25) is 0 Å². The predicted molar refractivity (Wildman–Crippen MR) is 50.0 cm³/mol. The van der Waals surface area contributed by atoms with Crippen LogP contribution in [-0.2, 0) is 10.6 Å². The van der Waals surface area contributed by atoms with Crippen LogP contribution in [-0.4, -0.2) is 18.1 Å². The van der Waals surface area contributed by atoms with Gasteiger partial charge in [0.1, 0.15) is 5.69 Å². The number of carbonyl (C=O) groups is 1. The molecule has 0 unspecified atom stereocenters. The van der Waals surface area contributed by atoms with E-state index in [4.69, 9.17) is 11.6 Å². The van der Waals surface area contributed by atoms with Crippen molar-refractivity contribution in [3.63, 3.8) is 0 Å². The van der Waals surface area contributed by atoms with Gasteiger partial charge in [-0.3, -0.25) is 0 Å². The molecule has 0 aliphatic heterocycles. The molecule has 0 aliphatic carbocycles. The summed E-state index contributed by atoms with van der Waals surface area (Å²) in [4.78, 5) is 14.5. The van der Waals surface area contributed by atoms with Crippen molar-refractivity contribution < 1.29 is 22.7 Å². The predicted octanol–water partition coefficient (Wildman–Crippen LogP) is 2.68. The lowest BCUT2D eigenvalue weighted by molar-refractivity contribution is 0.0597. The molecule has 1 aromatic rings. The number of carbonyl (C=O) groups excluding carboxylic acids is 1. The number of hydrogen-bond donors (Lipinski definition) is 0. The van der Waals surface area contributed by atoms with Crippen molar-refractivity contribution in [1.29, 1.82) is 0 Å². The topological polar surface area (TPSA) is 39.2 Å². The van der Waals surface area contributed by atoms with Crippen LogP contribution in [0.3, 0.4) is 0 Å². The van der Waals surface area contributed by atoms with Crippen molar-refractivity contribution in [3.8, 4) is 0 Å². The van der Waals surface area contributed by atoms with Crippen LogP contribution in [0, 0.1) is 5.82 Å². The molecule has 0 radical (unpaired) electrons. The molecule has 0 aromatic carbocycles. The fourth-order valence-electron chi connectivity index (χ4n) is 1.08. The Morgan fingerprint density at radius 1 is 1.62 bits per heavy atom. The van der Waals surface area contributed by atoms with Gasteiger partial charge in [0.25, 0.3) is 6.43 Å². The summed E-state index contributed by atoms with van der Waals surface area (Å²) >= 11 is 5.42. The quantitative estimate of drug-likeness (QED) is 0.614. The first-order chi connectivity index (χ1) is 7.51. The minimum absolute atomic E-state index is 0.134. The van der Waals surface area contributed by atoms with Crippen molar-refractivity contribution in [2.75, 3.05) is 7.11 Å². The molecule has 0 amide bonds. The van der Waals surface area contributed by atoms with E-state index < -0.39 is 23.9 Å². The van der Waals surface area contributed by atoms with Crippen LogP contribution < -0.4 is 0 Å². The molecule has 16 heavy (non-hydrogen) atoms. The maximum absolute atomic E-state index is 13.1. The molecular weight excluding hydrogens is 247 g/mol. The summed E-state index contributed by atoms with van der Waals surface area (Å²) in [5.74, 6) is -2.42. The molecule has 1 rings (SSSR count). The first-order valence-corrected chi connectivity index (χ1v) is 4.66. The lowest BCUT2D eigenvalue weighted by Gasteiger charge is -2.08. The second-order valence-electron chi connectivity index (χ2n) is 2.78. The second-order valence-corrected chi connectivity index (χ2v) is 3.04. The van der Waals surface area contributed by atoms with E-state index in [1.165, 1.54) is 0 Å². The van der Waals surface area contributed by atoms with Gasteiger partial charge in [-0.05, 0) is 6.07 Å². The third kappa shape index (κ3) is 2.44. The van der Waals surface area contributed by atoms with Crippen molar-refractivity contribution >= 4 is 17.6 Å². The van der Waals surface area contributed by atoms with Gasteiger partial charge < -0.3 is 4.74 Å². The van der Waals surface area contributed by atoms with Gasteiger partial charge in [0.05, 0.1) is 24.2 Å². The summed E-state index contributed by atoms with van der Waals surface area (Å²) in [7, 11) is 1.08. The Kier molecular flexibility index (Phi) is 4.12. The SMILES string of the molecule is COC(=O)c1cc(F)c(C(F)F)nc1CCl. The Labute approximate surface area is 94.2 Å². The summed E-state index contributed by atoms with van der Waals surface area (Å²) < 4.78 is 42.1. The van der Waals surface area contributed by atoms with E-state index in [9.17, 15) is 18.0 Å². The third-order valence-electron chi connectivity index (χ3n) is 1.82. The Hall–Kier alpha value is -1.30. The van der Waals surface area contributed by atoms with Crippen LogP contribution in [0.4, 0.5) is 13.2 Å².